The number of carboxylic acids is 1. The molecule has 4 nitrogen and oxygen atoms in total. The Morgan fingerprint density at radius 1 is 1.57 bits per heavy atom. The number of nitrogens with zero attached hydrogens (tertiary/aromatic N) is 1. The molecule has 3 N–H and O–H groups in total. The maximum Gasteiger partial charge on any atom is 0.304 e. The molecule has 1 rings (SSSR count). The second kappa shape index (κ2) is 5.98. The van der Waals surface area contributed by atoms with Crippen LogP contribution in [0.3, 0.4) is 0 Å². The molecule has 0 bridgehead atoms. The fourth-order valence-electron chi connectivity index (χ4n) is 2.08. The van der Waals surface area contributed by atoms with E-state index in [0.29, 0.717) is 12.5 Å². The highest BCUT2D eigenvalue weighted by Crippen LogP contribution is 2.18. The van der Waals surface area contributed by atoms with Crippen LogP contribution in [0, 0.1) is 5.92 Å². The third-order valence-corrected chi connectivity index (χ3v) is 2.82. The molecule has 1 fully saturated rings. The minimum absolute atomic E-state index is 0.259. The number of hydrogen-bond acceptors (Lipinski definition) is 3. The van der Waals surface area contributed by atoms with Crippen molar-refractivity contribution in [1.82, 2.24) is 4.90 Å². The highest BCUT2D eigenvalue weighted by atomic mass is 16.4. The van der Waals surface area contributed by atoms with Crippen LogP contribution >= 0.6 is 0 Å². The van der Waals surface area contributed by atoms with Crippen molar-refractivity contribution in [2.75, 3.05) is 26.2 Å². The number of hydrogen-bond donors (Lipinski definition) is 2. The molecule has 1 aliphatic rings. The van der Waals surface area contributed by atoms with Crippen LogP contribution in [-0.2, 0) is 4.79 Å². The molecular formula is C10H20N2O2. The summed E-state index contributed by atoms with van der Waals surface area (Å²) in [5.41, 5.74) is 5.51. The minimum atomic E-state index is -0.703. The Morgan fingerprint density at radius 2 is 2.36 bits per heavy atom. The van der Waals surface area contributed by atoms with Crippen molar-refractivity contribution < 1.29 is 9.90 Å². The number of nitrogens with two attached hydrogens (primary N) is 1. The zero-order valence-corrected chi connectivity index (χ0v) is 8.61. The summed E-state index contributed by atoms with van der Waals surface area (Å²) in [6, 6.07) is 0. The number of carbonyl (C=O) groups is 1. The predicted molar refractivity (Wildman–Crippen MR) is 55.1 cm³/mol. The van der Waals surface area contributed by atoms with Gasteiger partial charge in [0.05, 0.1) is 6.42 Å². The largest absolute Gasteiger partial charge is 0.481 e. The summed E-state index contributed by atoms with van der Waals surface area (Å²) >= 11 is 0. The van der Waals surface area contributed by atoms with E-state index in [9.17, 15) is 4.79 Å². The van der Waals surface area contributed by atoms with E-state index in [1.165, 1.54) is 12.8 Å². The van der Waals surface area contributed by atoms with Gasteiger partial charge < -0.3 is 15.7 Å². The van der Waals surface area contributed by atoms with Gasteiger partial charge in [-0.15, -0.1) is 0 Å². The highest BCUT2D eigenvalue weighted by Gasteiger charge is 2.19. The number of likely N-dealkylation sites (tertiary alicyclic amines) is 1. The minimum Gasteiger partial charge on any atom is -0.481 e. The monoisotopic (exact) mass is 200 g/mol. The second-order valence-electron chi connectivity index (χ2n) is 4.03. The van der Waals surface area contributed by atoms with Crippen LogP contribution in [0.15, 0.2) is 0 Å². The number of rotatable bonds is 5. The molecule has 14 heavy (non-hydrogen) atoms. The van der Waals surface area contributed by atoms with E-state index in [1.54, 1.807) is 0 Å². The molecular weight excluding hydrogens is 180 g/mol. The van der Waals surface area contributed by atoms with Gasteiger partial charge in [0.15, 0.2) is 0 Å². The maximum absolute atomic E-state index is 10.4. The second-order valence-corrected chi connectivity index (χ2v) is 4.03. The van der Waals surface area contributed by atoms with E-state index in [-0.39, 0.29) is 6.42 Å². The van der Waals surface area contributed by atoms with Gasteiger partial charge >= 0.3 is 5.97 Å². The van der Waals surface area contributed by atoms with Crippen LogP contribution in [0.5, 0.6) is 0 Å². The number of carboxylic acid groups (broad SMARTS) is 1. The summed E-state index contributed by atoms with van der Waals surface area (Å²) in [5.74, 6) is -0.0199. The van der Waals surface area contributed by atoms with E-state index in [1.807, 2.05) is 0 Å². The molecule has 0 aromatic rings. The van der Waals surface area contributed by atoms with Gasteiger partial charge in [0.1, 0.15) is 0 Å². The number of piperidine rings is 1. The van der Waals surface area contributed by atoms with E-state index in [0.717, 1.165) is 26.1 Å². The fraction of sp³-hybridized carbons (Fsp3) is 0.900. The molecule has 0 amide bonds. The van der Waals surface area contributed by atoms with Crippen LogP contribution in [-0.4, -0.2) is 42.2 Å². The van der Waals surface area contributed by atoms with Crippen molar-refractivity contribution in [1.29, 1.82) is 0 Å². The third-order valence-electron chi connectivity index (χ3n) is 2.82. The Labute approximate surface area is 85.1 Å². The van der Waals surface area contributed by atoms with Gasteiger partial charge in [-0.3, -0.25) is 4.79 Å². The fourth-order valence-corrected chi connectivity index (χ4v) is 2.08. The molecule has 4 heteroatoms. The highest BCUT2D eigenvalue weighted by molar-refractivity contribution is 5.66. The topological polar surface area (TPSA) is 66.6 Å². The quantitative estimate of drug-likeness (QED) is 0.679. The number of aliphatic carboxylic acids is 1. The summed E-state index contributed by atoms with van der Waals surface area (Å²) < 4.78 is 0. The lowest BCUT2D eigenvalue weighted by Gasteiger charge is -2.32. The molecule has 1 saturated heterocycles. The summed E-state index contributed by atoms with van der Waals surface area (Å²) in [6.45, 7) is 3.52. The lowest BCUT2D eigenvalue weighted by atomic mass is 9.95. The first-order valence-electron chi connectivity index (χ1n) is 5.36. The average Bonchev–Trinajstić information content (AvgIpc) is 2.16. The normalized spacial score (nSPS) is 23.6. The van der Waals surface area contributed by atoms with Gasteiger partial charge in [0.2, 0.25) is 0 Å². The molecule has 1 heterocycles. The standard InChI is InChI=1S/C10H20N2O2/c11-5-3-9-2-1-6-12(8-9)7-4-10(13)14/h9H,1-8,11H2,(H,13,14). The lowest BCUT2D eigenvalue weighted by molar-refractivity contribution is -0.137. The van der Waals surface area contributed by atoms with Crippen molar-refractivity contribution in [2.45, 2.75) is 25.7 Å². The van der Waals surface area contributed by atoms with Crippen molar-refractivity contribution >= 4 is 5.97 Å². The van der Waals surface area contributed by atoms with Crippen LogP contribution in [0.1, 0.15) is 25.7 Å². The first-order chi connectivity index (χ1) is 6.72. The van der Waals surface area contributed by atoms with Gasteiger partial charge in [0.25, 0.3) is 0 Å². The Hall–Kier alpha value is -0.610. The van der Waals surface area contributed by atoms with Gasteiger partial charge in [-0.25, -0.2) is 0 Å². The first-order valence-corrected chi connectivity index (χ1v) is 5.36. The maximum atomic E-state index is 10.4. The Morgan fingerprint density at radius 3 is 3.00 bits per heavy atom. The molecule has 82 valence electrons. The van der Waals surface area contributed by atoms with E-state index >= 15 is 0 Å². The summed E-state index contributed by atoms with van der Waals surface area (Å²) in [6.07, 6.45) is 3.77. The molecule has 1 unspecified atom stereocenters. The van der Waals surface area contributed by atoms with Crippen molar-refractivity contribution in [3.63, 3.8) is 0 Å². The zero-order chi connectivity index (χ0) is 10.4. The van der Waals surface area contributed by atoms with E-state index < -0.39 is 5.97 Å². The Kier molecular flexibility index (Phi) is 4.90. The smallest absolute Gasteiger partial charge is 0.304 e. The summed E-state index contributed by atoms with van der Waals surface area (Å²) in [5, 5.41) is 8.57. The van der Waals surface area contributed by atoms with Gasteiger partial charge in [-0.2, -0.15) is 0 Å². The first kappa shape index (κ1) is 11.5. The van der Waals surface area contributed by atoms with Crippen molar-refractivity contribution in [3.8, 4) is 0 Å². The summed E-state index contributed by atoms with van der Waals surface area (Å²) in [4.78, 5) is 12.7. The van der Waals surface area contributed by atoms with Gasteiger partial charge in [-0.1, -0.05) is 0 Å². The van der Waals surface area contributed by atoms with Gasteiger partial charge in [-0.05, 0) is 38.3 Å². The molecule has 0 spiro atoms. The molecule has 0 aromatic heterocycles. The molecule has 0 radical (unpaired) electrons. The van der Waals surface area contributed by atoms with E-state index in [4.69, 9.17) is 10.8 Å². The molecule has 1 atom stereocenters. The van der Waals surface area contributed by atoms with Crippen molar-refractivity contribution in [3.05, 3.63) is 0 Å². The molecule has 1 aliphatic heterocycles. The Balaban J connectivity index is 2.21. The third kappa shape index (κ3) is 4.07. The van der Waals surface area contributed by atoms with Gasteiger partial charge in [0, 0.05) is 13.1 Å². The van der Waals surface area contributed by atoms with Crippen LogP contribution in [0.25, 0.3) is 0 Å². The Bertz CT molecular complexity index is 183. The zero-order valence-electron chi connectivity index (χ0n) is 8.61. The summed E-state index contributed by atoms with van der Waals surface area (Å²) in [7, 11) is 0. The van der Waals surface area contributed by atoms with E-state index in [2.05, 4.69) is 4.90 Å². The average molecular weight is 200 g/mol. The van der Waals surface area contributed by atoms with Crippen LogP contribution in [0.2, 0.25) is 0 Å². The molecule has 0 aliphatic carbocycles. The van der Waals surface area contributed by atoms with Crippen LogP contribution < -0.4 is 5.73 Å². The predicted octanol–water partition coefficient (Wildman–Crippen LogP) is 0.522. The van der Waals surface area contributed by atoms with Crippen molar-refractivity contribution in [2.24, 2.45) is 11.7 Å². The van der Waals surface area contributed by atoms with Crippen LogP contribution in [0.4, 0.5) is 0 Å². The molecule has 0 aromatic carbocycles. The lowest BCUT2D eigenvalue weighted by Crippen LogP contribution is -2.37. The SMILES string of the molecule is NCCC1CCCN(CCC(=O)O)C1. The molecule has 0 saturated carbocycles.